The summed E-state index contributed by atoms with van der Waals surface area (Å²) in [7, 11) is 0. The molecule has 1 atom stereocenters. The van der Waals surface area contributed by atoms with Crippen molar-refractivity contribution < 1.29 is 14.4 Å². The highest BCUT2D eigenvalue weighted by Gasteiger charge is 2.39. The molecule has 6 nitrogen and oxygen atoms in total. The van der Waals surface area contributed by atoms with E-state index < -0.39 is 23.8 Å². The van der Waals surface area contributed by atoms with Crippen molar-refractivity contribution in [3.63, 3.8) is 0 Å². The van der Waals surface area contributed by atoms with E-state index in [2.05, 4.69) is 10.6 Å². The molecule has 26 heavy (non-hydrogen) atoms. The molecule has 0 saturated carbocycles. The first-order valence-electron chi connectivity index (χ1n) is 8.12. The van der Waals surface area contributed by atoms with Crippen molar-refractivity contribution in [1.82, 2.24) is 5.32 Å². The third-order valence-corrected chi connectivity index (χ3v) is 4.61. The summed E-state index contributed by atoms with van der Waals surface area (Å²) in [6.07, 6.45) is 0. The van der Waals surface area contributed by atoms with Crippen LogP contribution in [-0.4, -0.2) is 24.4 Å². The number of hydrogen-bond acceptors (Lipinski definition) is 3. The maximum absolute atomic E-state index is 12.7. The second-order valence-corrected chi connectivity index (χ2v) is 6.61. The molecule has 2 aromatic rings. The van der Waals surface area contributed by atoms with Gasteiger partial charge in [0, 0.05) is 17.3 Å². The molecular formula is C19H18ClN3O3. The molecule has 0 aliphatic carbocycles. The van der Waals surface area contributed by atoms with Crippen LogP contribution < -0.4 is 15.5 Å². The predicted molar refractivity (Wildman–Crippen MR) is 100 cm³/mol. The first-order valence-corrected chi connectivity index (χ1v) is 8.50. The van der Waals surface area contributed by atoms with Gasteiger partial charge in [-0.1, -0.05) is 17.7 Å². The number of benzene rings is 2. The molecule has 1 saturated heterocycles. The zero-order valence-electron chi connectivity index (χ0n) is 14.4. The van der Waals surface area contributed by atoms with Crippen molar-refractivity contribution in [2.75, 3.05) is 16.8 Å². The maximum Gasteiger partial charge on any atom is 0.328 e. The number of urea groups is 1. The Bertz CT molecular complexity index is 880. The molecule has 2 N–H and O–H groups in total. The number of carbonyl (C=O) groups is 3. The van der Waals surface area contributed by atoms with E-state index >= 15 is 0 Å². The maximum atomic E-state index is 12.7. The van der Waals surface area contributed by atoms with E-state index in [0.717, 1.165) is 16.0 Å². The molecule has 1 aliphatic rings. The highest BCUT2D eigenvalue weighted by atomic mass is 35.5. The molecule has 1 unspecified atom stereocenters. The number of carbonyl (C=O) groups excluding carboxylic acids is 3. The van der Waals surface area contributed by atoms with Gasteiger partial charge in [0.05, 0.1) is 5.69 Å². The average molecular weight is 372 g/mol. The molecule has 0 bridgehead atoms. The van der Waals surface area contributed by atoms with Gasteiger partial charge in [0.1, 0.15) is 5.92 Å². The highest BCUT2D eigenvalue weighted by Crippen LogP contribution is 2.23. The number of hydrogen-bond donors (Lipinski definition) is 2. The summed E-state index contributed by atoms with van der Waals surface area (Å²) in [6, 6.07) is 11.2. The Morgan fingerprint density at radius 1 is 1.12 bits per heavy atom. The standard InChI is InChI=1S/C19H18ClN3O3/c1-11-3-6-14(9-12(11)2)22-17(24)16-10-21-19(26)23(18(16)25)15-7-4-13(20)5-8-15/h3-9,16H,10H2,1-2H3,(H,21,26)(H,22,24). The van der Waals surface area contributed by atoms with Gasteiger partial charge >= 0.3 is 6.03 Å². The summed E-state index contributed by atoms with van der Waals surface area (Å²) in [5.41, 5.74) is 3.12. The van der Waals surface area contributed by atoms with Crippen LogP contribution in [0.3, 0.4) is 0 Å². The minimum absolute atomic E-state index is 0.0432. The number of rotatable bonds is 3. The second kappa shape index (κ2) is 7.17. The lowest BCUT2D eigenvalue weighted by molar-refractivity contribution is -0.130. The van der Waals surface area contributed by atoms with Gasteiger partial charge in [-0.05, 0) is 61.4 Å². The van der Waals surface area contributed by atoms with Crippen LogP contribution in [0.1, 0.15) is 11.1 Å². The van der Waals surface area contributed by atoms with Crippen LogP contribution in [-0.2, 0) is 9.59 Å². The van der Waals surface area contributed by atoms with Crippen LogP contribution in [0.4, 0.5) is 16.2 Å². The van der Waals surface area contributed by atoms with E-state index in [1.54, 1.807) is 30.3 Å². The smallest absolute Gasteiger partial charge is 0.328 e. The second-order valence-electron chi connectivity index (χ2n) is 6.18. The summed E-state index contributed by atoms with van der Waals surface area (Å²) in [5, 5.41) is 5.82. The molecule has 1 heterocycles. The van der Waals surface area contributed by atoms with Gasteiger partial charge in [0.25, 0.3) is 0 Å². The van der Waals surface area contributed by atoms with Crippen LogP contribution in [0.5, 0.6) is 0 Å². The normalized spacial score (nSPS) is 17.0. The summed E-state index contributed by atoms with van der Waals surface area (Å²) < 4.78 is 0. The lowest BCUT2D eigenvalue weighted by Crippen LogP contribution is -2.58. The van der Waals surface area contributed by atoms with E-state index in [1.807, 2.05) is 26.0 Å². The van der Waals surface area contributed by atoms with Crippen LogP contribution in [0.25, 0.3) is 0 Å². The number of halogens is 1. The van der Waals surface area contributed by atoms with Gasteiger partial charge in [0.15, 0.2) is 0 Å². The van der Waals surface area contributed by atoms with E-state index in [9.17, 15) is 14.4 Å². The molecular weight excluding hydrogens is 354 g/mol. The Balaban J connectivity index is 1.80. The SMILES string of the molecule is Cc1ccc(NC(=O)C2CNC(=O)N(c3ccc(Cl)cc3)C2=O)cc1C. The number of nitrogens with zero attached hydrogens (tertiary/aromatic N) is 1. The van der Waals surface area contributed by atoms with Crippen molar-refractivity contribution in [2.24, 2.45) is 5.92 Å². The molecule has 0 radical (unpaired) electrons. The van der Waals surface area contributed by atoms with Gasteiger partial charge in [-0.15, -0.1) is 0 Å². The number of anilines is 2. The monoisotopic (exact) mass is 371 g/mol. The largest absolute Gasteiger partial charge is 0.336 e. The van der Waals surface area contributed by atoms with E-state index in [4.69, 9.17) is 11.6 Å². The minimum Gasteiger partial charge on any atom is -0.336 e. The lowest BCUT2D eigenvalue weighted by Gasteiger charge is -2.30. The Morgan fingerprint density at radius 2 is 1.81 bits per heavy atom. The Kier molecular flexibility index (Phi) is 4.95. The van der Waals surface area contributed by atoms with Gasteiger partial charge in [-0.25, -0.2) is 9.69 Å². The summed E-state index contributed by atoms with van der Waals surface area (Å²) >= 11 is 5.85. The third-order valence-electron chi connectivity index (χ3n) is 4.35. The molecule has 1 aliphatic heterocycles. The molecule has 2 aromatic carbocycles. The molecule has 3 rings (SSSR count). The molecule has 134 valence electrons. The summed E-state index contributed by atoms with van der Waals surface area (Å²) in [4.78, 5) is 38.4. The third kappa shape index (κ3) is 3.55. The van der Waals surface area contributed by atoms with Crippen LogP contribution >= 0.6 is 11.6 Å². The Hall–Kier alpha value is -2.86. The lowest BCUT2D eigenvalue weighted by atomic mass is 10.0. The number of imide groups is 1. The number of nitrogens with one attached hydrogen (secondary N) is 2. The van der Waals surface area contributed by atoms with Crippen LogP contribution in [0.15, 0.2) is 42.5 Å². The molecule has 0 spiro atoms. The van der Waals surface area contributed by atoms with Crippen LogP contribution in [0.2, 0.25) is 5.02 Å². The Morgan fingerprint density at radius 3 is 2.46 bits per heavy atom. The predicted octanol–water partition coefficient (Wildman–Crippen LogP) is 3.27. The van der Waals surface area contributed by atoms with Crippen molar-refractivity contribution in [2.45, 2.75) is 13.8 Å². The van der Waals surface area contributed by atoms with Gasteiger partial charge in [0.2, 0.25) is 11.8 Å². The Labute approximate surface area is 156 Å². The minimum atomic E-state index is -1.01. The first-order chi connectivity index (χ1) is 12.4. The highest BCUT2D eigenvalue weighted by molar-refractivity contribution is 6.30. The molecule has 0 aromatic heterocycles. The van der Waals surface area contributed by atoms with Crippen molar-refractivity contribution in [1.29, 1.82) is 0 Å². The van der Waals surface area contributed by atoms with Crippen molar-refractivity contribution in [3.8, 4) is 0 Å². The first kappa shape index (κ1) is 17.9. The number of aryl methyl sites for hydroxylation is 2. The fourth-order valence-electron chi connectivity index (χ4n) is 2.70. The zero-order chi connectivity index (χ0) is 18.8. The quantitative estimate of drug-likeness (QED) is 0.813. The fraction of sp³-hybridized carbons (Fsp3) is 0.211. The fourth-order valence-corrected chi connectivity index (χ4v) is 2.83. The topological polar surface area (TPSA) is 78.5 Å². The van der Waals surface area contributed by atoms with Gasteiger partial charge < -0.3 is 10.6 Å². The molecule has 7 heteroatoms. The molecule has 4 amide bonds. The zero-order valence-corrected chi connectivity index (χ0v) is 15.1. The van der Waals surface area contributed by atoms with Gasteiger partial charge in [-0.3, -0.25) is 9.59 Å². The summed E-state index contributed by atoms with van der Waals surface area (Å²) in [5.74, 6) is -2.04. The average Bonchev–Trinajstić information content (AvgIpc) is 2.60. The summed E-state index contributed by atoms with van der Waals surface area (Å²) in [6.45, 7) is 3.88. The van der Waals surface area contributed by atoms with E-state index in [0.29, 0.717) is 16.4 Å². The van der Waals surface area contributed by atoms with E-state index in [1.165, 1.54) is 0 Å². The molecule has 1 fully saturated rings. The van der Waals surface area contributed by atoms with Crippen molar-refractivity contribution in [3.05, 3.63) is 58.6 Å². The van der Waals surface area contributed by atoms with Crippen molar-refractivity contribution >= 4 is 40.8 Å². The van der Waals surface area contributed by atoms with Crippen LogP contribution in [0, 0.1) is 19.8 Å². The van der Waals surface area contributed by atoms with Gasteiger partial charge in [-0.2, -0.15) is 0 Å². The number of amides is 4. The van der Waals surface area contributed by atoms with E-state index in [-0.39, 0.29) is 6.54 Å².